The zero-order valence-electron chi connectivity index (χ0n) is 13.4. The zero-order chi connectivity index (χ0) is 16.2. The molecule has 0 spiro atoms. The van der Waals surface area contributed by atoms with E-state index in [1.807, 2.05) is 0 Å². The largest absolute Gasteiger partial charge is 0.444 e. The molecule has 0 radical (unpaired) electrons. The molecule has 1 heterocycles. The summed E-state index contributed by atoms with van der Waals surface area (Å²) in [7, 11) is 3.36. The Morgan fingerprint density at radius 2 is 1.95 bits per heavy atom. The number of ether oxygens (including phenoxy) is 1. The number of carbonyl (C=O) groups excluding carboxylic acids is 2. The summed E-state index contributed by atoms with van der Waals surface area (Å²) in [6.45, 7) is 6.79. The smallest absolute Gasteiger partial charge is 0.410 e. The van der Waals surface area contributed by atoms with Gasteiger partial charge < -0.3 is 14.5 Å². The Hall–Kier alpha value is -1.81. The summed E-state index contributed by atoms with van der Waals surface area (Å²) in [5.41, 5.74) is -0.558. The van der Waals surface area contributed by atoms with Crippen LogP contribution in [0.2, 0.25) is 0 Å². The van der Waals surface area contributed by atoms with Crippen molar-refractivity contribution >= 4 is 12.0 Å². The molecular formula is C14H24N4O3. The van der Waals surface area contributed by atoms with Gasteiger partial charge in [-0.05, 0) is 20.8 Å². The summed E-state index contributed by atoms with van der Waals surface area (Å²) in [6, 6.07) is 1.66. The van der Waals surface area contributed by atoms with Gasteiger partial charge in [-0.2, -0.15) is 5.26 Å². The second-order valence-electron chi connectivity index (χ2n) is 6.33. The van der Waals surface area contributed by atoms with E-state index in [-0.39, 0.29) is 19.0 Å². The molecule has 7 nitrogen and oxygen atoms in total. The molecule has 7 heteroatoms. The minimum absolute atomic E-state index is 0.0547. The second kappa shape index (κ2) is 6.76. The average Bonchev–Trinajstić information content (AvgIpc) is 2.36. The van der Waals surface area contributed by atoms with Crippen LogP contribution in [-0.2, 0) is 9.53 Å². The third-order valence-electron chi connectivity index (χ3n) is 3.13. The highest BCUT2D eigenvalue weighted by atomic mass is 16.6. The monoisotopic (exact) mass is 296 g/mol. The van der Waals surface area contributed by atoms with Crippen LogP contribution >= 0.6 is 0 Å². The number of hydrogen-bond acceptors (Lipinski definition) is 5. The predicted octanol–water partition coefficient (Wildman–Crippen LogP) is 0.519. The van der Waals surface area contributed by atoms with Crippen molar-refractivity contribution in [2.24, 2.45) is 0 Å². The summed E-state index contributed by atoms with van der Waals surface area (Å²) < 4.78 is 5.31. The Balaban J connectivity index is 2.63. The van der Waals surface area contributed by atoms with Crippen LogP contribution in [0.1, 0.15) is 20.8 Å². The molecule has 21 heavy (non-hydrogen) atoms. The lowest BCUT2D eigenvalue weighted by molar-refractivity contribution is -0.130. The highest BCUT2D eigenvalue weighted by molar-refractivity contribution is 5.77. The van der Waals surface area contributed by atoms with Crippen LogP contribution in [0.4, 0.5) is 4.79 Å². The SMILES string of the molecule is CN(C)C(=O)CN1CCN(C(=O)OC(C)(C)C)C[C@H]1C#N. The predicted molar refractivity (Wildman–Crippen MR) is 77.5 cm³/mol. The Morgan fingerprint density at radius 3 is 2.43 bits per heavy atom. The molecule has 1 aliphatic heterocycles. The summed E-state index contributed by atoms with van der Waals surface area (Å²) in [6.07, 6.45) is -0.415. The first kappa shape index (κ1) is 17.2. The Labute approximate surface area is 126 Å². The van der Waals surface area contributed by atoms with Crippen LogP contribution in [0, 0.1) is 11.3 Å². The van der Waals surface area contributed by atoms with E-state index in [0.717, 1.165) is 0 Å². The molecule has 0 N–H and O–H groups in total. The summed E-state index contributed by atoms with van der Waals surface area (Å²) >= 11 is 0. The molecule has 1 atom stereocenters. The summed E-state index contributed by atoms with van der Waals surface area (Å²) in [5, 5.41) is 9.25. The van der Waals surface area contributed by atoms with Crippen molar-refractivity contribution in [3.05, 3.63) is 0 Å². The molecule has 0 aromatic carbocycles. The van der Waals surface area contributed by atoms with Gasteiger partial charge in [0, 0.05) is 27.2 Å². The topological polar surface area (TPSA) is 76.9 Å². The first-order chi connectivity index (χ1) is 9.64. The number of carbonyl (C=O) groups is 2. The van der Waals surface area contributed by atoms with E-state index in [0.29, 0.717) is 13.1 Å². The molecule has 0 aromatic rings. The van der Waals surface area contributed by atoms with Crippen LogP contribution < -0.4 is 0 Å². The maximum atomic E-state index is 12.0. The minimum Gasteiger partial charge on any atom is -0.444 e. The maximum absolute atomic E-state index is 12.0. The third-order valence-corrected chi connectivity index (χ3v) is 3.13. The molecule has 1 fully saturated rings. The molecule has 0 unspecified atom stereocenters. The van der Waals surface area contributed by atoms with Gasteiger partial charge in [0.15, 0.2) is 0 Å². The fourth-order valence-electron chi connectivity index (χ4n) is 1.94. The molecule has 0 saturated carbocycles. The quantitative estimate of drug-likeness (QED) is 0.742. The number of rotatable bonds is 2. The fourth-order valence-corrected chi connectivity index (χ4v) is 1.94. The highest BCUT2D eigenvalue weighted by Gasteiger charge is 2.32. The van der Waals surface area contributed by atoms with Gasteiger partial charge in [-0.1, -0.05) is 0 Å². The molecular weight excluding hydrogens is 272 g/mol. The van der Waals surface area contributed by atoms with Crippen molar-refractivity contribution in [2.45, 2.75) is 32.4 Å². The van der Waals surface area contributed by atoms with Gasteiger partial charge in [-0.3, -0.25) is 9.69 Å². The van der Waals surface area contributed by atoms with Crippen molar-refractivity contribution in [2.75, 3.05) is 40.3 Å². The molecule has 1 aliphatic rings. The molecule has 2 amide bonds. The number of hydrogen-bond donors (Lipinski definition) is 0. The highest BCUT2D eigenvalue weighted by Crippen LogP contribution is 2.14. The van der Waals surface area contributed by atoms with Crippen molar-refractivity contribution in [3.63, 3.8) is 0 Å². The van der Waals surface area contributed by atoms with Gasteiger partial charge >= 0.3 is 6.09 Å². The van der Waals surface area contributed by atoms with Gasteiger partial charge in [-0.15, -0.1) is 0 Å². The van der Waals surface area contributed by atoms with Gasteiger partial charge in [-0.25, -0.2) is 4.79 Å². The van der Waals surface area contributed by atoms with Crippen molar-refractivity contribution in [1.82, 2.24) is 14.7 Å². The van der Waals surface area contributed by atoms with E-state index in [1.165, 1.54) is 9.80 Å². The van der Waals surface area contributed by atoms with Crippen LogP contribution in [-0.4, -0.2) is 78.6 Å². The Morgan fingerprint density at radius 1 is 1.33 bits per heavy atom. The van der Waals surface area contributed by atoms with Crippen LogP contribution in [0.5, 0.6) is 0 Å². The standard InChI is InChI=1S/C14H24N4O3/c1-14(2,3)21-13(20)18-7-6-17(11(8-15)9-18)10-12(19)16(4)5/h11H,6-7,9-10H2,1-5H3/t11-/m1/s1. The number of nitrogens with zero attached hydrogens (tertiary/aromatic N) is 4. The average molecular weight is 296 g/mol. The lowest BCUT2D eigenvalue weighted by Gasteiger charge is -2.38. The molecule has 0 bridgehead atoms. The Bertz CT molecular complexity index is 436. The zero-order valence-corrected chi connectivity index (χ0v) is 13.4. The lowest BCUT2D eigenvalue weighted by Crippen LogP contribution is -2.56. The van der Waals surface area contributed by atoms with E-state index < -0.39 is 17.7 Å². The van der Waals surface area contributed by atoms with Crippen LogP contribution in [0.3, 0.4) is 0 Å². The van der Waals surface area contributed by atoms with E-state index in [4.69, 9.17) is 4.74 Å². The summed E-state index contributed by atoms with van der Waals surface area (Å²) in [4.78, 5) is 28.6. The van der Waals surface area contributed by atoms with Gasteiger partial charge in [0.05, 0.1) is 19.2 Å². The van der Waals surface area contributed by atoms with E-state index in [1.54, 1.807) is 39.8 Å². The first-order valence-corrected chi connectivity index (χ1v) is 6.96. The number of amides is 2. The third kappa shape index (κ3) is 5.23. The fraction of sp³-hybridized carbons (Fsp3) is 0.786. The van der Waals surface area contributed by atoms with Crippen molar-refractivity contribution in [3.8, 4) is 6.07 Å². The normalized spacial score (nSPS) is 19.8. The lowest BCUT2D eigenvalue weighted by atomic mass is 10.2. The van der Waals surface area contributed by atoms with Gasteiger partial charge in [0.1, 0.15) is 11.6 Å². The number of nitriles is 1. The number of piperazine rings is 1. The Kier molecular flexibility index (Phi) is 5.55. The molecule has 118 valence electrons. The molecule has 1 rings (SSSR count). The maximum Gasteiger partial charge on any atom is 0.410 e. The number of likely N-dealkylation sites (N-methyl/N-ethyl adjacent to an activating group) is 1. The van der Waals surface area contributed by atoms with Crippen molar-refractivity contribution in [1.29, 1.82) is 5.26 Å². The second-order valence-corrected chi connectivity index (χ2v) is 6.33. The van der Waals surface area contributed by atoms with Crippen LogP contribution in [0.25, 0.3) is 0 Å². The first-order valence-electron chi connectivity index (χ1n) is 6.96. The van der Waals surface area contributed by atoms with E-state index in [2.05, 4.69) is 6.07 Å². The van der Waals surface area contributed by atoms with E-state index in [9.17, 15) is 14.9 Å². The molecule has 0 aliphatic carbocycles. The summed E-state index contributed by atoms with van der Waals surface area (Å²) in [5.74, 6) is -0.0547. The van der Waals surface area contributed by atoms with Gasteiger partial charge in [0.2, 0.25) is 5.91 Å². The molecule has 0 aromatic heterocycles. The molecule has 1 saturated heterocycles. The van der Waals surface area contributed by atoms with E-state index >= 15 is 0 Å². The van der Waals surface area contributed by atoms with Gasteiger partial charge in [0.25, 0.3) is 0 Å². The van der Waals surface area contributed by atoms with Crippen LogP contribution in [0.15, 0.2) is 0 Å². The van der Waals surface area contributed by atoms with Crippen molar-refractivity contribution < 1.29 is 14.3 Å². The minimum atomic E-state index is -0.558.